The van der Waals surface area contributed by atoms with Gasteiger partial charge in [-0.05, 0) is 18.6 Å². The maximum Gasteiger partial charge on any atom is 0.101 e. The highest BCUT2D eigenvalue weighted by atomic mass is 15.1. The Morgan fingerprint density at radius 3 is 2.29 bits per heavy atom. The molecule has 2 heteroatoms. The lowest BCUT2D eigenvalue weighted by atomic mass is 10.2. The number of hydrogen-bond donors (Lipinski definition) is 1. The number of benzene rings is 1. The van der Waals surface area contributed by atoms with Crippen molar-refractivity contribution in [3.05, 3.63) is 29.8 Å². The van der Waals surface area contributed by atoms with E-state index in [2.05, 4.69) is 55.5 Å². The Kier molecular flexibility index (Phi) is 4.47. The van der Waals surface area contributed by atoms with Crippen molar-refractivity contribution in [2.24, 2.45) is 0 Å². The first kappa shape index (κ1) is 11.1. The molecule has 1 aromatic rings. The average Bonchev–Trinajstić information content (AvgIpc) is 2.19. The van der Waals surface area contributed by atoms with E-state index in [1.54, 1.807) is 0 Å². The molecule has 0 spiro atoms. The van der Waals surface area contributed by atoms with Crippen LogP contribution in [0, 0.1) is 0 Å². The molecule has 0 bridgehead atoms. The topological polar surface area (TPSA) is 19.9 Å². The number of quaternary nitrogens is 1. The van der Waals surface area contributed by atoms with Crippen LogP contribution in [0.2, 0.25) is 0 Å². The van der Waals surface area contributed by atoms with E-state index in [0.717, 1.165) is 6.54 Å². The molecule has 0 aliphatic carbocycles. The fraction of sp³-hybridized carbons (Fsp3) is 0.500. The van der Waals surface area contributed by atoms with E-state index in [0.29, 0.717) is 0 Å². The Balaban J connectivity index is 2.47. The Hall–Kier alpha value is -1.02. The molecular weight excluding hydrogens is 172 g/mol. The van der Waals surface area contributed by atoms with E-state index in [1.165, 1.54) is 24.2 Å². The van der Waals surface area contributed by atoms with Crippen molar-refractivity contribution in [3.8, 4) is 0 Å². The highest BCUT2D eigenvalue weighted by Gasteiger charge is 1.97. The van der Waals surface area contributed by atoms with E-state index in [9.17, 15) is 0 Å². The van der Waals surface area contributed by atoms with Crippen molar-refractivity contribution in [3.63, 3.8) is 0 Å². The highest BCUT2D eigenvalue weighted by molar-refractivity contribution is 5.45. The molecule has 0 aromatic heterocycles. The molecule has 2 N–H and O–H groups in total. The predicted octanol–water partition coefficient (Wildman–Crippen LogP) is 1.23. The number of anilines is 1. The van der Waals surface area contributed by atoms with Crippen LogP contribution in [0.3, 0.4) is 0 Å². The molecule has 0 atom stereocenters. The van der Waals surface area contributed by atoms with Crippen LogP contribution < -0.4 is 10.2 Å². The SMILES string of the molecule is CCC[NH2+]Cc1ccc(N(C)C)cc1. The summed E-state index contributed by atoms with van der Waals surface area (Å²) in [6, 6.07) is 8.77. The lowest BCUT2D eigenvalue weighted by Crippen LogP contribution is -2.82. The number of nitrogens with zero attached hydrogens (tertiary/aromatic N) is 1. The third-order valence-corrected chi connectivity index (χ3v) is 2.33. The van der Waals surface area contributed by atoms with Crippen LogP contribution in [0.1, 0.15) is 18.9 Å². The third kappa shape index (κ3) is 3.38. The van der Waals surface area contributed by atoms with Gasteiger partial charge in [-0.25, -0.2) is 0 Å². The molecule has 0 fully saturated rings. The van der Waals surface area contributed by atoms with Gasteiger partial charge in [0.2, 0.25) is 0 Å². The van der Waals surface area contributed by atoms with Gasteiger partial charge in [0.25, 0.3) is 0 Å². The van der Waals surface area contributed by atoms with Gasteiger partial charge < -0.3 is 10.2 Å². The molecule has 14 heavy (non-hydrogen) atoms. The molecule has 0 radical (unpaired) electrons. The second-order valence-electron chi connectivity index (χ2n) is 3.84. The van der Waals surface area contributed by atoms with Gasteiger partial charge in [-0.2, -0.15) is 0 Å². The molecule has 0 amide bonds. The molecule has 0 unspecified atom stereocenters. The summed E-state index contributed by atoms with van der Waals surface area (Å²) in [6.07, 6.45) is 1.25. The lowest BCUT2D eigenvalue weighted by molar-refractivity contribution is -0.670. The van der Waals surface area contributed by atoms with Crippen LogP contribution in [-0.4, -0.2) is 20.6 Å². The second kappa shape index (κ2) is 5.66. The van der Waals surface area contributed by atoms with Gasteiger partial charge >= 0.3 is 0 Å². The van der Waals surface area contributed by atoms with E-state index < -0.39 is 0 Å². The van der Waals surface area contributed by atoms with Crippen molar-refractivity contribution in [2.75, 3.05) is 25.5 Å². The summed E-state index contributed by atoms with van der Waals surface area (Å²) in [5.74, 6) is 0. The third-order valence-electron chi connectivity index (χ3n) is 2.33. The van der Waals surface area contributed by atoms with E-state index in [4.69, 9.17) is 0 Å². The van der Waals surface area contributed by atoms with Crippen LogP contribution in [-0.2, 0) is 6.54 Å². The minimum Gasteiger partial charge on any atom is -0.378 e. The fourth-order valence-corrected chi connectivity index (χ4v) is 1.40. The van der Waals surface area contributed by atoms with E-state index in [-0.39, 0.29) is 0 Å². The summed E-state index contributed by atoms with van der Waals surface area (Å²) >= 11 is 0. The minimum absolute atomic E-state index is 1.10. The first-order chi connectivity index (χ1) is 6.74. The van der Waals surface area contributed by atoms with Crippen molar-refractivity contribution >= 4 is 5.69 Å². The van der Waals surface area contributed by atoms with Crippen LogP contribution in [0.15, 0.2) is 24.3 Å². The minimum atomic E-state index is 1.10. The van der Waals surface area contributed by atoms with Gasteiger partial charge in [-0.3, -0.25) is 0 Å². The van der Waals surface area contributed by atoms with Gasteiger partial charge in [0.15, 0.2) is 0 Å². The number of rotatable bonds is 5. The van der Waals surface area contributed by atoms with E-state index in [1.807, 2.05) is 0 Å². The van der Waals surface area contributed by atoms with E-state index >= 15 is 0 Å². The zero-order chi connectivity index (χ0) is 10.4. The fourth-order valence-electron chi connectivity index (χ4n) is 1.40. The van der Waals surface area contributed by atoms with Crippen LogP contribution in [0.4, 0.5) is 5.69 Å². The molecule has 2 nitrogen and oxygen atoms in total. The summed E-state index contributed by atoms with van der Waals surface area (Å²) in [7, 11) is 4.14. The van der Waals surface area contributed by atoms with Gasteiger partial charge in [0.05, 0.1) is 6.54 Å². The normalized spacial score (nSPS) is 10.2. The summed E-state index contributed by atoms with van der Waals surface area (Å²) in [5, 5.41) is 2.35. The zero-order valence-corrected chi connectivity index (χ0v) is 9.46. The first-order valence-corrected chi connectivity index (χ1v) is 5.32. The summed E-state index contributed by atoms with van der Waals surface area (Å²) in [5.41, 5.74) is 2.67. The monoisotopic (exact) mass is 193 g/mol. The van der Waals surface area contributed by atoms with Crippen molar-refractivity contribution in [1.29, 1.82) is 0 Å². The number of nitrogens with two attached hydrogens (primary N) is 1. The smallest absolute Gasteiger partial charge is 0.101 e. The van der Waals surface area contributed by atoms with Gasteiger partial charge in [0, 0.05) is 25.3 Å². The zero-order valence-electron chi connectivity index (χ0n) is 9.46. The Bertz CT molecular complexity index is 252. The molecule has 0 heterocycles. The molecule has 0 saturated carbocycles. The molecule has 0 saturated heterocycles. The Morgan fingerprint density at radius 1 is 1.14 bits per heavy atom. The lowest BCUT2D eigenvalue weighted by Gasteiger charge is -2.12. The Morgan fingerprint density at radius 2 is 1.79 bits per heavy atom. The number of hydrogen-bond acceptors (Lipinski definition) is 1. The van der Waals surface area contributed by atoms with Crippen LogP contribution in [0.5, 0.6) is 0 Å². The first-order valence-electron chi connectivity index (χ1n) is 5.32. The van der Waals surface area contributed by atoms with Crippen LogP contribution in [0.25, 0.3) is 0 Å². The maximum atomic E-state index is 2.35. The molecule has 0 aliphatic heterocycles. The average molecular weight is 193 g/mol. The molecule has 1 rings (SSSR count). The second-order valence-corrected chi connectivity index (χ2v) is 3.84. The van der Waals surface area contributed by atoms with Gasteiger partial charge in [-0.15, -0.1) is 0 Å². The largest absolute Gasteiger partial charge is 0.378 e. The van der Waals surface area contributed by atoms with Crippen LogP contribution >= 0.6 is 0 Å². The standard InChI is InChI=1S/C12H20N2/c1-4-9-13-10-11-5-7-12(8-6-11)14(2)3/h5-8,13H,4,9-10H2,1-3H3/p+1. The summed E-state index contributed by atoms with van der Waals surface area (Å²) < 4.78 is 0. The molecule has 1 aromatic carbocycles. The molecule has 78 valence electrons. The quantitative estimate of drug-likeness (QED) is 0.697. The summed E-state index contributed by atoms with van der Waals surface area (Å²) in [4.78, 5) is 2.12. The molecule has 0 aliphatic rings. The van der Waals surface area contributed by atoms with Gasteiger partial charge in [-0.1, -0.05) is 19.1 Å². The maximum absolute atomic E-state index is 2.35. The summed E-state index contributed by atoms with van der Waals surface area (Å²) in [6.45, 7) is 4.53. The molecular formula is C12H21N2+. The van der Waals surface area contributed by atoms with Gasteiger partial charge in [0.1, 0.15) is 6.54 Å². The van der Waals surface area contributed by atoms with Crippen molar-refractivity contribution < 1.29 is 5.32 Å². The Labute approximate surface area is 86.9 Å². The highest BCUT2D eigenvalue weighted by Crippen LogP contribution is 2.11. The predicted molar refractivity (Wildman–Crippen MR) is 61.6 cm³/mol. The van der Waals surface area contributed by atoms with Crippen molar-refractivity contribution in [1.82, 2.24) is 0 Å². The van der Waals surface area contributed by atoms with Crippen molar-refractivity contribution in [2.45, 2.75) is 19.9 Å².